The standard InChI is InChI=1S/5C23H31NO2S/c5*1-25-19-10-17-27-20(19)8-2-4-11-22(21-9-3-7-15-24-21)14-16-26-23(18-22)12-5-6-13-23/h5*3,7,9-10,15,17H,2,4-6,8,11-14,16,18H2,1H3/t5*22-/m11111/s1/i1D3,4D2,5D2,6D2,8D2,12D2,13D2,14D2,18D2;1D3,4D2,5D2,6D2,8D2,12D2,13D2,16D2;1D3,4D2,8D2,12D2,13D2,14D2,18D2;1D3,4D2,5D2,6D2,8D2,11D2,16D2;1D3,4D2,5D2,6D2,8D2,16D2. The molecule has 730 valence electrons. The third kappa shape index (κ3) is 25.7. The molecular weight excluding hydrogens is 1770 g/mol. The first-order valence-corrected chi connectivity index (χ1v) is 47.4. The van der Waals surface area contributed by atoms with E-state index in [2.05, 4.69) is 24.9 Å². The van der Waals surface area contributed by atoms with Crippen molar-refractivity contribution in [3.63, 3.8) is 0 Å². The van der Waals surface area contributed by atoms with Crippen molar-refractivity contribution in [2.45, 2.75) is 375 Å². The van der Waals surface area contributed by atoms with Crippen molar-refractivity contribution < 1.29 is 156 Å². The molecule has 10 aromatic rings. The van der Waals surface area contributed by atoms with E-state index in [-0.39, 0.29) is 77.3 Å². The number of pyridine rings is 5. The fourth-order valence-electron chi connectivity index (χ4n) is 16.8. The normalized spacial score (nSPS) is 42.5. The van der Waals surface area contributed by atoms with Gasteiger partial charge in [0.25, 0.3) is 0 Å². The number of aromatic nitrogens is 5. The van der Waals surface area contributed by atoms with Crippen molar-refractivity contribution in [1.29, 1.82) is 0 Å². The smallest absolute Gasteiger partial charge is 0.132 e. The minimum atomic E-state index is -3.84. The van der Waals surface area contributed by atoms with Crippen LogP contribution in [0.3, 0.4) is 0 Å². The minimum Gasteiger partial charge on any atom is -0.496 e. The zero-order valence-electron chi connectivity index (χ0n) is 152. The monoisotopic (exact) mass is 2010 g/mol. The van der Waals surface area contributed by atoms with E-state index >= 15 is 0 Å². The Hall–Kier alpha value is -6.95. The third-order valence-electron chi connectivity index (χ3n) is 23.2. The first-order chi connectivity index (χ1) is 95.7. The second-order valence-electron chi connectivity index (χ2n) is 32.2. The lowest BCUT2D eigenvalue weighted by Gasteiger charge is -2.46. The van der Waals surface area contributed by atoms with Crippen LogP contribution in [0, 0.1) is 0 Å². The highest BCUT2D eigenvalue weighted by Crippen LogP contribution is 2.57. The van der Waals surface area contributed by atoms with Crippen LogP contribution in [0.5, 0.6) is 28.7 Å². The summed E-state index contributed by atoms with van der Waals surface area (Å²) in [6.07, 6.45) is -95.1. The average Bonchev–Trinajstić information content (AvgIpc) is 1.45. The second-order valence-corrected chi connectivity index (χ2v) is 36.8. The lowest BCUT2D eigenvalue weighted by molar-refractivity contribution is -0.105. The fraction of sp³-hybridized carbons (Fsp3) is 0.609. The molecule has 5 saturated carbocycles. The highest BCUT2D eigenvalue weighted by molar-refractivity contribution is 7.11. The van der Waals surface area contributed by atoms with E-state index in [0.29, 0.717) is 17.0 Å². The summed E-state index contributed by atoms with van der Waals surface area (Å²) >= 11 is 3.99. The molecule has 15 heterocycles. The highest BCUT2D eigenvalue weighted by Gasteiger charge is 2.54. The number of aryl methyl sites for hydroxylation is 5. The number of rotatable bonds is 35. The summed E-state index contributed by atoms with van der Waals surface area (Å²) in [6, 6.07) is 27.8. The topological polar surface area (TPSA) is 157 Å². The summed E-state index contributed by atoms with van der Waals surface area (Å²) in [5.41, 5.74) is -25.1. The number of ether oxygens (including phenoxy) is 10. The van der Waals surface area contributed by atoms with Crippen molar-refractivity contribution in [3.8, 4) is 28.7 Å². The Balaban J connectivity index is 0.000000180. The summed E-state index contributed by atoms with van der Waals surface area (Å²) in [6.45, 7) is -10.3. The SMILES string of the molecule is [2H]C([2H])(CC([2H])([2H])c1sccc1OC([2H])([2H])[2H])C[C@@]1(c2ccccn2)C([2H])([2H])COC2(C([2H])([2H])C([2H])([2H])C([2H])([2H])C2([2H])[2H])C1([2H])[2H].[2H]C([2H])(CC([2H])([2H])c1sccc1OC([2H])([2H])[2H])C[C@@]1(c2ccccn2)C([2H])([2H])COC2(C([2H])([2H])CCC2([2H])[2H])C1([2H])[2H].[2H]C([2H])(CC([2H])([2H])c1sccc1OC([2H])([2H])[2H])C[C@@]1(c2ccccn2)CC([2H])([2H])OC2(C1)C([2H])([2H])C([2H])([2H])C([2H])([2H])C2([2H])[2H].[2H]C([2H])(CC([2H])([2H])c1sccc1OC([2H])([2H])[2H])C[C@@]1(c2ccccn2)CC([2H])([2H])OC2(CC([2H])([2H])C([2H])([2H])C2)C1.[2H]C([2H])([2H])Oc1ccsc1C([2H])([2H])CC([2H])([2H])C([2H])([2H])[C@@]1(c2ccccn2)CC([2H])([2H])OC2(CC([2H])([2H])C([2H])([2H])C2)C1. The Kier molecular flexibility index (Phi) is 15.2. The average molecular weight is 2010 g/mol. The molecule has 0 amide bonds. The molecule has 0 N–H and O–H groups in total. The molecule has 0 bridgehead atoms. The Morgan fingerprint density at radius 3 is 0.933 bits per heavy atom. The molecule has 15 nitrogen and oxygen atoms in total. The zero-order valence-corrected chi connectivity index (χ0v) is 77.0. The van der Waals surface area contributed by atoms with Gasteiger partial charge in [0.1, 0.15) is 28.7 Å². The van der Waals surface area contributed by atoms with Crippen molar-refractivity contribution in [3.05, 3.63) is 232 Å². The molecule has 10 aliphatic rings. The van der Waals surface area contributed by atoms with Crippen LogP contribution in [-0.4, -0.2) is 121 Å². The van der Waals surface area contributed by atoms with Crippen LogP contribution in [0.25, 0.3) is 0 Å². The molecule has 5 aliphatic carbocycles. The second kappa shape index (κ2) is 49.0. The van der Waals surface area contributed by atoms with E-state index in [1.165, 1.54) is 149 Å². The zero-order chi connectivity index (χ0) is 163. The fourth-order valence-corrected chi connectivity index (χ4v) is 20.3. The van der Waals surface area contributed by atoms with Crippen LogP contribution in [0.15, 0.2) is 179 Å². The lowest BCUT2D eigenvalue weighted by Crippen LogP contribution is -2.46. The van der Waals surface area contributed by atoms with Gasteiger partial charge in [-0.05, 0) is 342 Å². The third-order valence-corrected chi connectivity index (χ3v) is 27.5. The Morgan fingerprint density at radius 2 is 0.593 bits per heavy atom. The first kappa shape index (κ1) is 41.9. The maximum atomic E-state index is 9.42. The van der Waals surface area contributed by atoms with Crippen molar-refractivity contribution in [1.82, 2.24) is 24.9 Å². The van der Waals surface area contributed by atoms with Gasteiger partial charge >= 0.3 is 0 Å². The van der Waals surface area contributed by atoms with Crippen molar-refractivity contribution in [2.24, 2.45) is 0 Å². The predicted octanol–water partition coefficient (Wildman–Crippen LogP) is 29.6. The molecule has 0 unspecified atom stereocenters. The number of thiophene rings is 5. The molecule has 0 radical (unpaired) electrons. The van der Waals surface area contributed by atoms with E-state index in [9.17, 15) is 8.22 Å². The Labute approximate surface area is 939 Å². The minimum absolute atomic E-state index is 0.0295. The summed E-state index contributed by atoms with van der Waals surface area (Å²) < 4.78 is 720. The van der Waals surface area contributed by atoms with Gasteiger partial charge in [-0.15, -0.1) is 56.7 Å². The molecule has 20 heteroatoms. The van der Waals surface area contributed by atoms with E-state index < -0.39 is 441 Å². The highest BCUT2D eigenvalue weighted by atomic mass is 32.1. The van der Waals surface area contributed by atoms with Crippen molar-refractivity contribution >= 4 is 56.7 Å². The maximum Gasteiger partial charge on any atom is 0.132 e. The van der Waals surface area contributed by atoms with Gasteiger partial charge in [0.05, 0.1) is 92.0 Å². The van der Waals surface area contributed by atoms with Crippen LogP contribution < -0.4 is 23.7 Å². The molecule has 5 atom stereocenters. The molecule has 5 aliphatic heterocycles. The van der Waals surface area contributed by atoms with Gasteiger partial charge in [-0.1, -0.05) is 126 Å². The van der Waals surface area contributed by atoms with Crippen LogP contribution >= 0.6 is 56.7 Å². The largest absolute Gasteiger partial charge is 0.496 e. The van der Waals surface area contributed by atoms with Gasteiger partial charge < -0.3 is 47.4 Å². The quantitative estimate of drug-likeness (QED) is 0.0369. The molecular formula is C115H155N5O10S5. The first-order valence-electron chi connectivity index (χ1n) is 82.5. The van der Waals surface area contributed by atoms with Gasteiger partial charge in [-0.2, -0.15) is 0 Å². The van der Waals surface area contributed by atoms with Gasteiger partial charge in [0, 0.05) is 223 Å². The molecule has 5 saturated heterocycles. The number of hydrogen-bond donors (Lipinski definition) is 0. The van der Waals surface area contributed by atoms with Gasteiger partial charge in [0.15, 0.2) is 0 Å². The molecule has 10 fully saturated rings. The summed E-state index contributed by atoms with van der Waals surface area (Å²) in [7, 11) is -14.5. The molecule has 135 heavy (non-hydrogen) atoms. The Bertz CT molecular complexity index is 8870. The van der Waals surface area contributed by atoms with E-state index in [1.807, 2.05) is 0 Å². The van der Waals surface area contributed by atoms with Gasteiger partial charge in [-0.3, -0.25) is 24.9 Å². The van der Waals surface area contributed by atoms with Crippen LogP contribution in [0.2, 0.25) is 0 Å². The number of hydrogen-bond acceptors (Lipinski definition) is 20. The van der Waals surface area contributed by atoms with E-state index in [1.54, 1.807) is 18.2 Å². The van der Waals surface area contributed by atoms with Gasteiger partial charge in [0.2, 0.25) is 0 Å². The molecule has 10 aromatic heterocycles. The van der Waals surface area contributed by atoms with E-state index in [4.69, 9.17) is 147 Å². The molecule has 5 spiro atoms. The van der Waals surface area contributed by atoms with Gasteiger partial charge in [-0.25, -0.2) is 0 Å². The lowest BCUT2D eigenvalue weighted by atomic mass is 9.67. The maximum absolute atomic E-state index is 9.42. The molecule has 20 rings (SSSR count). The predicted molar refractivity (Wildman–Crippen MR) is 554 cm³/mol. The van der Waals surface area contributed by atoms with Crippen LogP contribution in [-0.2, 0) is 82.6 Å². The number of methoxy groups -OCH3 is 5. The van der Waals surface area contributed by atoms with Crippen LogP contribution in [0.1, 0.15) is 449 Å². The Morgan fingerprint density at radius 1 is 0.304 bits per heavy atom. The van der Waals surface area contributed by atoms with Crippen LogP contribution in [0.4, 0.5) is 0 Å². The molecule has 0 aromatic carbocycles. The summed E-state index contributed by atoms with van der Waals surface area (Å²) in [5, 5.41) is 6.89. The summed E-state index contributed by atoms with van der Waals surface area (Å²) in [5.74, 6) is -1.58. The van der Waals surface area contributed by atoms with Crippen molar-refractivity contribution in [2.75, 3.05) is 68.1 Å². The summed E-state index contributed by atoms with van der Waals surface area (Å²) in [4.78, 5) is 20.0. The number of nitrogens with zero attached hydrogens (tertiary/aromatic N) is 5. The van der Waals surface area contributed by atoms with E-state index in [0.717, 1.165) is 57.6 Å².